The molecule has 0 bridgehead atoms. The second-order valence-electron chi connectivity index (χ2n) is 7.33. The fourth-order valence-corrected chi connectivity index (χ4v) is 3.49. The summed E-state index contributed by atoms with van der Waals surface area (Å²) in [6.45, 7) is 3.51. The molecule has 0 spiro atoms. The standard InChI is InChI=1S/C22H18F3N5O2/c1-12-7-8-17(13(2)9-12)30-19(31)15-11-27-20(28-18(15)29-21(30)32)26-10-14-5-3-4-6-16(14)22(23,24)25/h3-9,11H,10H2,1-2H3,(H2,26,27,28,29,32). The molecular weight excluding hydrogens is 423 g/mol. The molecule has 2 N–H and O–H groups in total. The minimum absolute atomic E-state index is 0.0115. The van der Waals surface area contributed by atoms with Crippen LogP contribution in [0.5, 0.6) is 0 Å². The van der Waals surface area contributed by atoms with Gasteiger partial charge in [-0.05, 0) is 37.1 Å². The van der Waals surface area contributed by atoms with Crippen LogP contribution >= 0.6 is 0 Å². The molecule has 0 unspecified atom stereocenters. The van der Waals surface area contributed by atoms with Crippen molar-refractivity contribution in [3.05, 3.63) is 91.8 Å². The number of nitrogens with one attached hydrogen (secondary N) is 2. The van der Waals surface area contributed by atoms with Gasteiger partial charge in [0.1, 0.15) is 5.39 Å². The van der Waals surface area contributed by atoms with E-state index in [1.54, 1.807) is 19.1 Å². The Kier molecular flexibility index (Phi) is 5.29. The van der Waals surface area contributed by atoms with Crippen LogP contribution in [0.3, 0.4) is 0 Å². The van der Waals surface area contributed by atoms with E-state index in [9.17, 15) is 22.8 Å². The van der Waals surface area contributed by atoms with Crippen LogP contribution in [-0.4, -0.2) is 19.5 Å². The largest absolute Gasteiger partial charge is 0.416 e. The first kappa shape index (κ1) is 21.3. The Morgan fingerprint density at radius 2 is 1.84 bits per heavy atom. The average molecular weight is 441 g/mol. The number of H-pyrrole nitrogens is 1. The highest BCUT2D eigenvalue weighted by Gasteiger charge is 2.32. The second kappa shape index (κ2) is 7.95. The van der Waals surface area contributed by atoms with Gasteiger partial charge in [0.15, 0.2) is 5.65 Å². The molecule has 4 aromatic rings. The van der Waals surface area contributed by atoms with Crippen molar-refractivity contribution in [2.75, 3.05) is 5.32 Å². The van der Waals surface area contributed by atoms with Gasteiger partial charge in [0.05, 0.1) is 11.3 Å². The summed E-state index contributed by atoms with van der Waals surface area (Å²) in [4.78, 5) is 36.3. The van der Waals surface area contributed by atoms with Gasteiger partial charge >= 0.3 is 11.9 Å². The maximum absolute atomic E-state index is 13.2. The minimum atomic E-state index is -4.49. The summed E-state index contributed by atoms with van der Waals surface area (Å²) in [5.41, 5.74) is 0.145. The highest BCUT2D eigenvalue weighted by Crippen LogP contribution is 2.32. The molecule has 0 saturated heterocycles. The van der Waals surface area contributed by atoms with Crippen molar-refractivity contribution in [1.29, 1.82) is 0 Å². The van der Waals surface area contributed by atoms with E-state index < -0.39 is 23.0 Å². The summed E-state index contributed by atoms with van der Waals surface area (Å²) in [7, 11) is 0. The highest BCUT2D eigenvalue weighted by atomic mass is 19.4. The number of hydrogen-bond acceptors (Lipinski definition) is 5. The summed E-state index contributed by atoms with van der Waals surface area (Å²) < 4.78 is 40.5. The van der Waals surface area contributed by atoms with Gasteiger partial charge in [-0.2, -0.15) is 18.2 Å². The lowest BCUT2D eigenvalue weighted by Crippen LogP contribution is -2.34. The Morgan fingerprint density at radius 3 is 2.56 bits per heavy atom. The Hall–Kier alpha value is -3.95. The highest BCUT2D eigenvalue weighted by molar-refractivity contribution is 5.73. The van der Waals surface area contributed by atoms with Crippen molar-refractivity contribution in [3.63, 3.8) is 0 Å². The fraction of sp³-hybridized carbons (Fsp3) is 0.182. The summed E-state index contributed by atoms with van der Waals surface area (Å²) in [6, 6.07) is 10.5. The third-order valence-electron chi connectivity index (χ3n) is 5.00. The minimum Gasteiger partial charge on any atom is -0.350 e. The zero-order valence-corrected chi connectivity index (χ0v) is 17.1. The molecule has 0 aliphatic rings. The summed E-state index contributed by atoms with van der Waals surface area (Å²) in [5.74, 6) is -0.0196. The van der Waals surface area contributed by atoms with Crippen LogP contribution in [0.4, 0.5) is 19.1 Å². The first-order valence-corrected chi connectivity index (χ1v) is 9.64. The van der Waals surface area contributed by atoms with Crippen LogP contribution in [0, 0.1) is 13.8 Å². The number of benzene rings is 2. The first-order chi connectivity index (χ1) is 15.1. The van der Waals surface area contributed by atoms with Crippen LogP contribution in [0.15, 0.2) is 58.3 Å². The fourth-order valence-electron chi connectivity index (χ4n) is 3.49. The Labute approximate surface area is 179 Å². The number of rotatable bonds is 4. The molecular formula is C22H18F3N5O2. The van der Waals surface area contributed by atoms with Gasteiger partial charge in [0.25, 0.3) is 5.56 Å². The van der Waals surface area contributed by atoms with E-state index >= 15 is 0 Å². The number of aromatic amines is 1. The SMILES string of the molecule is Cc1ccc(-n2c(=O)[nH]c3nc(NCc4ccccc4C(F)(F)F)ncc3c2=O)c(C)c1. The number of aromatic nitrogens is 4. The van der Waals surface area contributed by atoms with Crippen LogP contribution in [-0.2, 0) is 12.7 Å². The Bertz CT molecular complexity index is 1440. The van der Waals surface area contributed by atoms with Gasteiger partial charge in [0, 0.05) is 12.7 Å². The monoisotopic (exact) mass is 441 g/mol. The van der Waals surface area contributed by atoms with E-state index in [0.717, 1.165) is 21.8 Å². The van der Waals surface area contributed by atoms with Gasteiger partial charge in [-0.25, -0.2) is 14.3 Å². The smallest absolute Gasteiger partial charge is 0.350 e. The number of aryl methyl sites for hydroxylation is 2. The summed E-state index contributed by atoms with van der Waals surface area (Å²) in [5, 5.41) is 2.79. The molecule has 4 rings (SSSR count). The van der Waals surface area contributed by atoms with E-state index in [2.05, 4.69) is 20.3 Å². The van der Waals surface area contributed by atoms with Gasteiger partial charge in [-0.1, -0.05) is 35.9 Å². The number of nitrogens with zero attached hydrogens (tertiary/aromatic N) is 3. The van der Waals surface area contributed by atoms with E-state index in [1.165, 1.54) is 24.4 Å². The number of anilines is 1. The lowest BCUT2D eigenvalue weighted by atomic mass is 10.1. The molecule has 32 heavy (non-hydrogen) atoms. The predicted molar refractivity (Wildman–Crippen MR) is 114 cm³/mol. The molecule has 0 atom stereocenters. The van der Waals surface area contributed by atoms with Crippen molar-refractivity contribution in [2.45, 2.75) is 26.6 Å². The van der Waals surface area contributed by atoms with Crippen LogP contribution in [0.2, 0.25) is 0 Å². The molecule has 2 aromatic heterocycles. The third-order valence-corrected chi connectivity index (χ3v) is 5.00. The van der Waals surface area contributed by atoms with Crippen molar-refractivity contribution in [3.8, 4) is 5.69 Å². The van der Waals surface area contributed by atoms with Crippen LogP contribution < -0.4 is 16.6 Å². The molecule has 0 amide bonds. The molecule has 0 aliphatic heterocycles. The van der Waals surface area contributed by atoms with Gasteiger partial charge in [0.2, 0.25) is 5.95 Å². The summed E-state index contributed by atoms with van der Waals surface area (Å²) >= 11 is 0. The zero-order chi connectivity index (χ0) is 23.0. The summed E-state index contributed by atoms with van der Waals surface area (Å²) in [6.07, 6.45) is -3.26. The van der Waals surface area contributed by atoms with Crippen LogP contribution in [0.1, 0.15) is 22.3 Å². The van der Waals surface area contributed by atoms with Crippen LogP contribution in [0.25, 0.3) is 16.7 Å². The molecule has 7 nitrogen and oxygen atoms in total. The van der Waals surface area contributed by atoms with Crippen molar-refractivity contribution < 1.29 is 13.2 Å². The molecule has 2 aromatic carbocycles. The zero-order valence-electron chi connectivity index (χ0n) is 17.1. The predicted octanol–water partition coefficient (Wildman–Crippen LogP) is 3.72. The third kappa shape index (κ3) is 3.98. The Morgan fingerprint density at radius 1 is 1.09 bits per heavy atom. The van der Waals surface area contributed by atoms with Crippen molar-refractivity contribution in [1.82, 2.24) is 19.5 Å². The van der Waals surface area contributed by atoms with Gasteiger partial charge < -0.3 is 5.32 Å². The molecule has 10 heteroatoms. The lowest BCUT2D eigenvalue weighted by molar-refractivity contribution is -0.138. The molecule has 0 saturated carbocycles. The second-order valence-corrected chi connectivity index (χ2v) is 7.33. The van der Waals surface area contributed by atoms with E-state index in [-0.39, 0.29) is 29.1 Å². The number of alkyl halides is 3. The van der Waals surface area contributed by atoms with E-state index in [0.29, 0.717) is 5.69 Å². The van der Waals surface area contributed by atoms with Gasteiger partial charge in [-0.3, -0.25) is 9.78 Å². The first-order valence-electron chi connectivity index (χ1n) is 9.64. The topological polar surface area (TPSA) is 92.7 Å². The van der Waals surface area contributed by atoms with Crippen molar-refractivity contribution in [2.24, 2.45) is 0 Å². The lowest BCUT2D eigenvalue weighted by Gasteiger charge is -2.13. The Balaban J connectivity index is 1.70. The molecule has 2 heterocycles. The maximum Gasteiger partial charge on any atom is 0.416 e. The van der Waals surface area contributed by atoms with E-state index in [4.69, 9.17) is 0 Å². The molecule has 164 valence electrons. The number of hydrogen-bond donors (Lipinski definition) is 2. The normalized spacial score (nSPS) is 11.7. The number of fused-ring (bicyclic) bond motifs is 1. The van der Waals surface area contributed by atoms with Crippen molar-refractivity contribution >= 4 is 17.0 Å². The molecule has 0 fully saturated rings. The molecule has 0 radical (unpaired) electrons. The maximum atomic E-state index is 13.2. The van der Waals surface area contributed by atoms with E-state index in [1.807, 2.05) is 13.0 Å². The quantitative estimate of drug-likeness (QED) is 0.504. The average Bonchev–Trinajstić information content (AvgIpc) is 2.73. The number of halogens is 3. The van der Waals surface area contributed by atoms with Gasteiger partial charge in [-0.15, -0.1) is 0 Å². The molecule has 0 aliphatic carbocycles.